The minimum absolute atomic E-state index is 0.0435. The third-order valence-electron chi connectivity index (χ3n) is 4.33. The van der Waals surface area contributed by atoms with Gasteiger partial charge in [0.25, 0.3) is 0 Å². The van der Waals surface area contributed by atoms with Crippen molar-refractivity contribution in [2.75, 3.05) is 13.1 Å². The Morgan fingerprint density at radius 1 is 1.44 bits per heavy atom. The zero-order chi connectivity index (χ0) is 13.1. The summed E-state index contributed by atoms with van der Waals surface area (Å²) in [5, 5.41) is 14.9. The molecule has 0 radical (unpaired) electrons. The van der Waals surface area contributed by atoms with Gasteiger partial charge in [-0.2, -0.15) is 0 Å². The van der Waals surface area contributed by atoms with Crippen LogP contribution in [0.5, 0.6) is 0 Å². The molecule has 1 amide bonds. The number of amides is 1. The Morgan fingerprint density at radius 2 is 2.22 bits per heavy atom. The molecule has 5 heteroatoms. The van der Waals surface area contributed by atoms with E-state index in [0.29, 0.717) is 24.8 Å². The summed E-state index contributed by atoms with van der Waals surface area (Å²) in [5.74, 6) is -0.0113. The molecule has 1 aliphatic heterocycles. The summed E-state index contributed by atoms with van der Waals surface area (Å²) in [6, 6.07) is -0.0577. The standard InChI is InChI=1S/C13H22N2O3/c1-8(13(17)18)5-6-14-12(16)11-10-4-2-3-9(10)7-15-11/h8-11,15H,2-7H2,1H3,(H,14,16)(H,17,18). The molecule has 2 aliphatic rings. The fourth-order valence-electron chi connectivity index (χ4n) is 3.12. The van der Waals surface area contributed by atoms with E-state index in [1.807, 2.05) is 0 Å². The van der Waals surface area contributed by atoms with Crippen molar-refractivity contribution in [2.45, 2.75) is 38.6 Å². The van der Waals surface area contributed by atoms with Crippen molar-refractivity contribution >= 4 is 11.9 Å². The van der Waals surface area contributed by atoms with Crippen LogP contribution < -0.4 is 10.6 Å². The summed E-state index contributed by atoms with van der Waals surface area (Å²) in [6.07, 6.45) is 4.09. The first-order chi connectivity index (χ1) is 8.59. The lowest BCUT2D eigenvalue weighted by molar-refractivity contribution is -0.141. The number of carbonyl (C=O) groups is 2. The molecule has 102 valence electrons. The fourth-order valence-corrected chi connectivity index (χ4v) is 3.12. The van der Waals surface area contributed by atoms with Gasteiger partial charge in [0.1, 0.15) is 0 Å². The monoisotopic (exact) mass is 254 g/mol. The second kappa shape index (κ2) is 5.69. The van der Waals surface area contributed by atoms with Crippen molar-refractivity contribution in [3.63, 3.8) is 0 Å². The Morgan fingerprint density at radius 3 is 2.94 bits per heavy atom. The van der Waals surface area contributed by atoms with Crippen LogP contribution in [0.2, 0.25) is 0 Å². The molecule has 18 heavy (non-hydrogen) atoms. The lowest BCUT2D eigenvalue weighted by atomic mass is 9.93. The topological polar surface area (TPSA) is 78.4 Å². The smallest absolute Gasteiger partial charge is 0.306 e. The third-order valence-corrected chi connectivity index (χ3v) is 4.33. The Bertz CT molecular complexity index is 332. The van der Waals surface area contributed by atoms with Crippen molar-refractivity contribution in [2.24, 2.45) is 17.8 Å². The van der Waals surface area contributed by atoms with Crippen LogP contribution in [0.4, 0.5) is 0 Å². The van der Waals surface area contributed by atoms with Crippen LogP contribution in [0.1, 0.15) is 32.6 Å². The number of carboxylic acid groups (broad SMARTS) is 1. The molecule has 0 spiro atoms. The van der Waals surface area contributed by atoms with E-state index in [1.54, 1.807) is 6.92 Å². The van der Waals surface area contributed by atoms with Gasteiger partial charge >= 0.3 is 5.97 Å². The Labute approximate surface area is 107 Å². The van der Waals surface area contributed by atoms with Crippen molar-refractivity contribution < 1.29 is 14.7 Å². The van der Waals surface area contributed by atoms with Crippen LogP contribution in [0.3, 0.4) is 0 Å². The van der Waals surface area contributed by atoms with E-state index in [9.17, 15) is 9.59 Å². The Hall–Kier alpha value is -1.10. The highest BCUT2D eigenvalue weighted by molar-refractivity contribution is 5.82. The van der Waals surface area contributed by atoms with Gasteiger partial charge in [0.15, 0.2) is 0 Å². The molecule has 1 heterocycles. The molecular weight excluding hydrogens is 232 g/mol. The number of fused-ring (bicyclic) bond motifs is 1. The van der Waals surface area contributed by atoms with Crippen LogP contribution in [-0.4, -0.2) is 36.1 Å². The number of hydrogen-bond acceptors (Lipinski definition) is 3. The van der Waals surface area contributed by atoms with Gasteiger partial charge in [-0.15, -0.1) is 0 Å². The van der Waals surface area contributed by atoms with Crippen LogP contribution in [0, 0.1) is 17.8 Å². The number of hydrogen-bond donors (Lipinski definition) is 3. The normalized spacial score (nSPS) is 31.9. The zero-order valence-electron chi connectivity index (χ0n) is 10.8. The maximum Gasteiger partial charge on any atom is 0.306 e. The minimum Gasteiger partial charge on any atom is -0.481 e. The van der Waals surface area contributed by atoms with Crippen molar-refractivity contribution in [3.8, 4) is 0 Å². The summed E-state index contributed by atoms with van der Waals surface area (Å²) >= 11 is 0. The lowest BCUT2D eigenvalue weighted by Crippen LogP contribution is -2.44. The number of rotatable bonds is 5. The van der Waals surface area contributed by atoms with Gasteiger partial charge in [-0.05, 0) is 37.6 Å². The number of aliphatic carboxylic acids is 1. The van der Waals surface area contributed by atoms with E-state index in [2.05, 4.69) is 10.6 Å². The van der Waals surface area contributed by atoms with Gasteiger partial charge < -0.3 is 15.7 Å². The lowest BCUT2D eigenvalue weighted by Gasteiger charge is -2.18. The van der Waals surface area contributed by atoms with E-state index >= 15 is 0 Å². The number of carboxylic acids is 1. The maximum absolute atomic E-state index is 12.0. The first-order valence-corrected chi connectivity index (χ1v) is 6.83. The van der Waals surface area contributed by atoms with Gasteiger partial charge in [0.2, 0.25) is 5.91 Å². The minimum atomic E-state index is -0.806. The van der Waals surface area contributed by atoms with E-state index in [0.717, 1.165) is 13.0 Å². The Kier molecular flexibility index (Phi) is 4.22. The summed E-state index contributed by atoms with van der Waals surface area (Å²) in [6.45, 7) is 3.06. The van der Waals surface area contributed by atoms with Gasteiger partial charge in [-0.25, -0.2) is 0 Å². The third kappa shape index (κ3) is 2.83. The predicted molar refractivity (Wildman–Crippen MR) is 67.0 cm³/mol. The SMILES string of the molecule is CC(CCNC(=O)C1NCC2CCCC21)C(=O)O. The molecule has 0 bridgehead atoms. The molecule has 1 aliphatic carbocycles. The summed E-state index contributed by atoms with van der Waals surface area (Å²) in [5.41, 5.74) is 0. The largest absolute Gasteiger partial charge is 0.481 e. The van der Waals surface area contributed by atoms with Crippen LogP contribution >= 0.6 is 0 Å². The van der Waals surface area contributed by atoms with Crippen LogP contribution in [-0.2, 0) is 9.59 Å². The molecule has 0 aromatic carbocycles. The van der Waals surface area contributed by atoms with Gasteiger partial charge in [-0.3, -0.25) is 9.59 Å². The fraction of sp³-hybridized carbons (Fsp3) is 0.846. The van der Waals surface area contributed by atoms with E-state index in [1.165, 1.54) is 12.8 Å². The molecule has 1 saturated carbocycles. The van der Waals surface area contributed by atoms with Crippen molar-refractivity contribution in [1.82, 2.24) is 10.6 Å². The predicted octanol–water partition coefficient (Wildman–Crippen LogP) is 0.601. The molecule has 4 atom stereocenters. The molecule has 3 N–H and O–H groups in total. The van der Waals surface area contributed by atoms with Gasteiger partial charge in [-0.1, -0.05) is 13.3 Å². The summed E-state index contributed by atoms with van der Waals surface area (Å²) in [4.78, 5) is 22.7. The molecule has 2 rings (SSSR count). The first-order valence-electron chi connectivity index (χ1n) is 6.83. The van der Waals surface area contributed by atoms with Crippen molar-refractivity contribution in [1.29, 1.82) is 0 Å². The maximum atomic E-state index is 12.0. The van der Waals surface area contributed by atoms with E-state index in [-0.39, 0.29) is 11.9 Å². The zero-order valence-corrected chi connectivity index (χ0v) is 10.8. The van der Waals surface area contributed by atoms with Crippen molar-refractivity contribution in [3.05, 3.63) is 0 Å². The quantitative estimate of drug-likeness (QED) is 0.671. The van der Waals surface area contributed by atoms with Crippen LogP contribution in [0.15, 0.2) is 0 Å². The summed E-state index contributed by atoms with van der Waals surface area (Å²) in [7, 11) is 0. The van der Waals surface area contributed by atoms with Gasteiger partial charge in [0.05, 0.1) is 12.0 Å². The second-order valence-corrected chi connectivity index (χ2v) is 5.56. The molecule has 4 unspecified atom stereocenters. The molecule has 0 aromatic rings. The molecular formula is C13H22N2O3. The number of carbonyl (C=O) groups excluding carboxylic acids is 1. The highest BCUT2D eigenvalue weighted by atomic mass is 16.4. The first kappa shape index (κ1) is 13.3. The highest BCUT2D eigenvalue weighted by Gasteiger charge is 2.42. The molecule has 0 aromatic heterocycles. The highest BCUT2D eigenvalue weighted by Crippen LogP contribution is 2.37. The van der Waals surface area contributed by atoms with Gasteiger partial charge in [0, 0.05) is 6.54 Å². The number of nitrogens with one attached hydrogen (secondary N) is 2. The average Bonchev–Trinajstić information content (AvgIpc) is 2.89. The average molecular weight is 254 g/mol. The molecule has 1 saturated heterocycles. The second-order valence-electron chi connectivity index (χ2n) is 5.56. The Balaban J connectivity index is 1.73. The molecule has 2 fully saturated rings. The van der Waals surface area contributed by atoms with Crippen LogP contribution in [0.25, 0.3) is 0 Å². The summed E-state index contributed by atoms with van der Waals surface area (Å²) < 4.78 is 0. The molecule has 5 nitrogen and oxygen atoms in total. The van der Waals surface area contributed by atoms with E-state index in [4.69, 9.17) is 5.11 Å². The van der Waals surface area contributed by atoms with E-state index < -0.39 is 11.9 Å².